The molecular weight excluding hydrogens is 260 g/mol. The molecule has 5 N–H and O–H groups in total. The second kappa shape index (κ2) is 4.64. The van der Waals surface area contributed by atoms with Crippen LogP contribution in [0.15, 0.2) is 10.4 Å². The molecule has 0 spiro atoms. The van der Waals surface area contributed by atoms with Crippen molar-refractivity contribution in [2.45, 2.75) is 13.3 Å². The molecule has 1 unspecified atom stereocenters. The quantitative estimate of drug-likeness (QED) is 0.623. The summed E-state index contributed by atoms with van der Waals surface area (Å²) in [6.45, 7) is 2.74. The lowest BCUT2D eigenvalue weighted by atomic mass is 10.4. The van der Waals surface area contributed by atoms with Gasteiger partial charge in [0.15, 0.2) is 11.2 Å². The number of aromatic amines is 1. The van der Waals surface area contributed by atoms with Gasteiger partial charge in [0.25, 0.3) is 5.56 Å². The van der Waals surface area contributed by atoms with Crippen LogP contribution in [0, 0.1) is 5.92 Å². The number of hydrogen-bond donors (Lipinski definition) is 4. The zero-order valence-corrected chi connectivity index (χ0v) is 11.1. The van der Waals surface area contributed by atoms with Crippen LogP contribution in [0.2, 0.25) is 0 Å². The van der Waals surface area contributed by atoms with Gasteiger partial charge < -0.3 is 16.2 Å². The number of fused-ring (bicyclic) bond motifs is 1. The topological polar surface area (TPSA) is 122 Å². The van der Waals surface area contributed by atoms with Crippen molar-refractivity contribution in [2.75, 3.05) is 24.2 Å². The summed E-state index contributed by atoms with van der Waals surface area (Å²) >= 11 is 0. The van der Waals surface area contributed by atoms with Gasteiger partial charge in [-0.2, -0.15) is 4.98 Å². The van der Waals surface area contributed by atoms with Gasteiger partial charge in [-0.3, -0.25) is 14.3 Å². The molecule has 8 heteroatoms. The van der Waals surface area contributed by atoms with Crippen molar-refractivity contribution in [3.63, 3.8) is 0 Å². The standard InChI is InChI=1S/C12H16N6O2/c1-2-14-12-15-8-9(16-11(13)17-10(8)20)18(12)4-6-3-7(6)5-19/h4,7,19H,2-3,5H2,1H3,(H,14,15)(H3,13,16,17,20). The maximum absolute atomic E-state index is 11.9. The maximum Gasteiger partial charge on any atom is 0.280 e. The number of nitrogens with one attached hydrogen (secondary N) is 2. The Labute approximate surface area is 114 Å². The Kier molecular flexibility index (Phi) is 2.94. The predicted molar refractivity (Wildman–Crippen MR) is 76.2 cm³/mol. The second-order valence-electron chi connectivity index (χ2n) is 4.75. The average molecular weight is 276 g/mol. The largest absolute Gasteiger partial charge is 0.396 e. The van der Waals surface area contributed by atoms with Crippen LogP contribution < -0.4 is 16.6 Å². The van der Waals surface area contributed by atoms with Crippen LogP contribution in [-0.2, 0) is 0 Å². The van der Waals surface area contributed by atoms with Gasteiger partial charge in [-0.15, -0.1) is 0 Å². The number of rotatable bonds is 4. The van der Waals surface area contributed by atoms with Crippen molar-refractivity contribution in [3.8, 4) is 0 Å². The number of nitrogen functional groups attached to an aromatic ring is 1. The van der Waals surface area contributed by atoms with E-state index in [0.717, 1.165) is 12.0 Å². The van der Waals surface area contributed by atoms with Crippen molar-refractivity contribution in [1.29, 1.82) is 0 Å². The fraction of sp³-hybridized carbons (Fsp3) is 0.417. The number of aliphatic hydroxyl groups is 1. The summed E-state index contributed by atoms with van der Waals surface area (Å²) in [5.74, 6) is 0.795. The van der Waals surface area contributed by atoms with Crippen LogP contribution in [-0.4, -0.2) is 37.8 Å². The summed E-state index contributed by atoms with van der Waals surface area (Å²) in [6.07, 6.45) is 2.71. The van der Waals surface area contributed by atoms with E-state index in [1.165, 1.54) is 0 Å². The van der Waals surface area contributed by atoms with Crippen molar-refractivity contribution < 1.29 is 5.11 Å². The van der Waals surface area contributed by atoms with Crippen molar-refractivity contribution >= 4 is 29.3 Å². The first kappa shape index (κ1) is 12.7. The van der Waals surface area contributed by atoms with Crippen LogP contribution in [0.3, 0.4) is 0 Å². The molecule has 3 rings (SSSR count). The summed E-state index contributed by atoms with van der Waals surface area (Å²) in [5, 5.41) is 12.2. The van der Waals surface area contributed by atoms with E-state index in [1.807, 2.05) is 13.1 Å². The highest BCUT2D eigenvalue weighted by Crippen LogP contribution is 2.38. The molecule has 1 atom stereocenters. The molecule has 0 aliphatic heterocycles. The molecule has 1 fully saturated rings. The Morgan fingerprint density at radius 2 is 2.40 bits per heavy atom. The number of aliphatic hydroxyl groups excluding tert-OH is 1. The molecule has 1 saturated carbocycles. The lowest BCUT2D eigenvalue weighted by Gasteiger charge is -2.03. The van der Waals surface area contributed by atoms with Gasteiger partial charge in [0.05, 0.1) is 0 Å². The van der Waals surface area contributed by atoms with Crippen LogP contribution in [0.25, 0.3) is 17.4 Å². The molecule has 0 aromatic carbocycles. The van der Waals surface area contributed by atoms with Gasteiger partial charge in [0.1, 0.15) is 0 Å². The number of hydrogen-bond acceptors (Lipinski definition) is 6. The molecule has 2 heterocycles. The van der Waals surface area contributed by atoms with Crippen LogP contribution >= 0.6 is 0 Å². The summed E-state index contributed by atoms with van der Waals surface area (Å²) in [4.78, 5) is 22.7. The number of anilines is 2. The molecule has 20 heavy (non-hydrogen) atoms. The summed E-state index contributed by atoms with van der Waals surface area (Å²) < 4.78 is 1.72. The third kappa shape index (κ3) is 2.03. The smallest absolute Gasteiger partial charge is 0.280 e. The molecule has 106 valence electrons. The highest BCUT2D eigenvalue weighted by atomic mass is 16.3. The van der Waals surface area contributed by atoms with Crippen molar-refractivity contribution in [3.05, 3.63) is 15.9 Å². The lowest BCUT2D eigenvalue weighted by molar-refractivity contribution is 0.281. The number of aromatic nitrogens is 4. The summed E-state index contributed by atoms with van der Waals surface area (Å²) in [7, 11) is 0. The summed E-state index contributed by atoms with van der Waals surface area (Å²) in [6, 6.07) is 0. The minimum atomic E-state index is -0.363. The first-order valence-electron chi connectivity index (χ1n) is 6.47. The van der Waals surface area contributed by atoms with Crippen LogP contribution in [0.4, 0.5) is 11.9 Å². The first-order chi connectivity index (χ1) is 9.63. The number of nitrogens with zero attached hydrogens (tertiary/aromatic N) is 3. The highest BCUT2D eigenvalue weighted by Gasteiger charge is 2.29. The monoisotopic (exact) mass is 276 g/mol. The van der Waals surface area contributed by atoms with Gasteiger partial charge in [-0.1, -0.05) is 0 Å². The van der Waals surface area contributed by atoms with E-state index in [-0.39, 0.29) is 29.5 Å². The molecule has 1 aliphatic carbocycles. The maximum atomic E-state index is 11.9. The van der Waals surface area contributed by atoms with E-state index in [1.54, 1.807) is 4.57 Å². The fourth-order valence-corrected chi connectivity index (χ4v) is 2.14. The van der Waals surface area contributed by atoms with Gasteiger partial charge >= 0.3 is 0 Å². The van der Waals surface area contributed by atoms with Crippen molar-refractivity contribution in [2.24, 2.45) is 5.92 Å². The third-order valence-electron chi connectivity index (χ3n) is 3.27. The van der Waals surface area contributed by atoms with E-state index < -0.39 is 0 Å². The minimum absolute atomic E-state index is 0.0552. The van der Waals surface area contributed by atoms with Gasteiger partial charge in [-0.05, 0) is 18.9 Å². The third-order valence-corrected chi connectivity index (χ3v) is 3.27. The fourth-order valence-electron chi connectivity index (χ4n) is 2.14. The molecule has 8 nitrogen and oxygen atoms in total. The summed E-state index contributed by atoms with van der Waals surface area (Å²) in [5.41, 5.74) is 6.99. The Bertz CT molecular complexity index is 744. The highest BCUT2D eigenvalue weighted by molar-refractivity contribution is 5.78. The molecule has 2 aromatic rings. The Balaban J connectivity index is 2.19. The molecular formula is C12H16N6O2. The van der Waals surface area contributed by atoms with Crippen molar-refractivity contribution in [1.82, 2.24) is 19.5 Å². The molecule has 0 amide bonds. The number of nitrogens with two attached hydrogens (primary N) is 1. The predicted octanol–water partition coefficient (Wildman–Crippen LogP) is -0.0133. The second-order valence-corrected chi connectivity index (χ2v) is 4.75. The molecule has 2 aromatic heterocycles. The van der Waals surface area contributed by atoms with Crippen LogP contribution in [0.1, 0.15) is 13.3 Å². The van der Waals surface area contributed by atoms with E-state index in [4.69, 9.17) is 10.8 Å². The molecule has 0 radical (unpaired) electrons. The number of H-pyrrole nitrogens is 1. The number of imidazole rings is 1. The lowest BCUT2D eigenvalue weighted by Crippen LogP contribution is -2.11. The van der Waals surface area contributed by atoms with Gasteiger partial charge in [0.2, 0.25) is 11.9 Å². The van der Waals surface area contributed by atoms with Crippen LogP contribution in [0.5, 0.6) is 0 Å². The molecule has 0 saturated heterocycles. The zero-order valence-electron chi connectivity index (χ0n) is 11.1. The SMILES string of the molecule is CCNc1nc2c(=O)[nH]c(N)nc2n1C=C1CC1CO. The Morgan fingerprint density at radius 1 is 1.60 bits per heavy atom. The van der Waals surface area contributed by atoms with E-state index in [9.17, 15) is 4.79 Å². The minimum Gasteiger partial charge on any atom is -0.396 e. The Hall–Kier alpha value is -2.35. The van der Waals surface area contributed by atoms with Gasteiger partial charge in [-0.25, -0.2) is 4.98 Å². The van der Waals surface area contributed by atoms with E-state index in [2.05, 4.69) is 20.3 Å². The average Bonchev–Trinajstić information content (AvgIpc) is 3.08. The van der Waals surface area contributed by atoms with E-state index >= 15 is 0 Å². The molecule has 0 bridgehead atoms. The Morgan fingerprint density at radius 3 is 3.05 bits per heavy atom. The van der Waals surface area contributed by atoms with E-state index in [0.29, 0.717) is 18.1 Å². The first-order valence-corrected chi connectivity index (χ1v) is 6.47. The zero-order chi connectivity index (χ0) is 14.3. The molecule has 1 aliphatic rings. The van der Waals surface area contributed by atoms with Gasteiger partial charge in [0, 0.05) is 25.3 Å². The normalized spacial score (nSPS) is 19.7.